The van der Waals surface area contributed by atoms with Crippen molar-refractivity contribution in [2.75, 3.05) is 6.61 Å². The second-order valence-corrected chi connectivity index (χ2v) is 7.29. The highest BCUT2D eigenvalue weighted by Gasteiger charge is 2.44. The van der Waals surface area contributed by atoms with E-state index in [-0.39, 0.29) is 11.3 Å². The van der Waals surface area contributed by atoms with Crippen molar-refractivity contribution in [3.8, 4) is 11.5 Å². The monoisotopic (exact) mass is 418 g/mol. The third-order valence-electron chi connectivity index (χ3n) is 5.34. The smallest absolute Gasteiger partial charge is 0.342 e. The van der Waals surface area contributed by atoms with E-state index in [2.05, 4.69) is 0 Å². The molecule has 6 atom stereocenters. The highest BCUT2D eigenvalue weighted by Crippen LogP contribution is 2.35. The van der Waals surface area contributed by atoms with Gasteiger partial charge in [0, 0.05) is 6.42 Å². The minimum atomic E-state index is -1.53. The van der Waals surface area contributed by atoms with Crippen LogP contribution in [0.1, 0.15) is 27.6 Å². The number of phenols is 1. The largest absolute Gasteiger partial charge is 0.507 e. The molecule has 0 unspecified atom stereocenters. The summed E-state index contributed by atoms with van der Waals surface area (Å²) in [6.45, 7) is -0.548. The lowest BCUT2D eigenvalue weighted by atomic mass is 9.94. The van der Waals surface area contributed by atoms with Gasteiger partial charge in [-0.25, -0.2) is 4.79 Å². The zero-order chi connectivity index (χ0) is 21.4. The number of cyclic esters (lactones) is 1. The molecule has 0 spiro atoms. The first-order valence-electron chi connectivity index (χ1n) is 9.48. The second kappa shape index (κ2) is 8.21. The van der Waals surface area contributed by atoms with Gasteiger partial charge in [-0.05, 0) is 29.3 Å². The Morgan fingerprint density at radius 2 is 1.73 bits per heavy atom. The van der Waals surface area contributed by atoms with E-state index in [0.717, 1.165) is 0 Å². The van der Waals surface area contributed by atoms with Gasteiger partial charge in [0.15, 0.2) is 0 Å². The summed E-state index contributed by atoms with van der Waals surface area (Å²) in [5, 5.41) is 48.9. The van der Waals surface area contributed by atoms with Gasteiger partial charge in [0.05, 0.1) is 6.61 Å². The third-order valence-corrected chi connectivity index (χ3v) is 5.34. The van der Waals surface area contributed by atoms with Crippen LogP contribution in [0.4, 0.5) is 0 Å². The minimum Gasteiger partial charge on any atom is -0.507 e. The van der Waals surface area contributed by atoms with E-state index >= 15 is 0 Å². The van der Waals surface area contributed by atoms with Crippen LogP contribution in [0, 0.1) is 0 Å². The van der Waals surface area contributed by atoms with Crippen molar-refractivity contribution < 1.29 is 44.5 Å². The molecule has 4 rings (SSSR count). The lowest BCUT2D eigenvalue weighted by molar-refractivity contribution is -0.277. The summed E-state index contributed by atoms with van der Waals surface area (Å²) < 4.78 is 16.3. The van der Waals surface area contributed by atoms with Crippen LogP contribution in [0.3, 0.4) is 0 Å². The van der Waals surface area contributed by atoms with Crippen molar-refractivity contribution >= 4 is 5.97 Å². The summed E-state index contributed by atoms with van der Waals surface area (Å²) in [6.07, 6.45) is -6.98. The van der Waals surface area contributed by atoms with E-state index in [4.69, 9.17) is 14.2 Å². The molecule has 0 bridgehead atoms. The third kappa shape index (κ3) is 3.73. The molecule has 2 aromatic rings. The summed E-state index contributed by atoms with van der Waals surface area (Å²) in [4.78, 5) is 12.3. The molecule has 0 saturated carbocycles. The summed E-state index contributed by atoms with van der Waals surface area (Å²) in [7, 11) is 0. The quantitative estimate of drug-likeness (QED) is 0.434. The van der Waals surface area contributed by atoms with Gasteiger partial charge in [0.1, 0.15) is 47.6 Å². The van der Waals surface area contributed by atoms with Gasteiger partial charge < -0.3 is 39.7 Å². The van der Waals surface area contributed by atoms with Crippen molar-refractivity contribution in [3.05, 3.63) is 59.2 Å². The molecule has 9 heteroatoms. The Morgan fingerprint density at radius 3 is 2.43 bits per heavy atom. The van der Waals surface area contributed by atoms with Crippen LogP contribution in [-0.2, 0) is 15.9 Å². The SMILES string of the molecule is O=C1O[C@H](c2ccc(O[C@@H]3O[C@H](CO)[C@@H](O)[C@H](O)[C@H]3O)cc2)Cc2cccc(O)c21. The van der Waals surface area contributed by atoms with E-state index in [1.54, 1.807) is 36.4 Å². The van der Waals surface area contributed by atoms with Crippen LogP contribution in [-0.4, -0.2) is 68.8 Å². The molecule has 1 saturated heterocycles. The molecule has 2 aromatic carbocycles. The summed E-state index contributed by atoms with van der Waals surface area (Å²) in [5.41, 5.74) is 1.58. The fourth-order valence-corrected chi connectivity index (χ4v) is 3.67. The van der Waals surface area contributed by atoms with E-state index in [1.807, 2.05) is 0 Å². The highest BCUT2D eigenvalue weighted by atomic mass is 16.7. The Kier molecular flexibility index (Phi) is 5.63. The van der Waals surface area contributed by atoms with Crippen LogP contribution in [0.25, 0.3) is 0 Å². The lowest BCUT2D eigenvalue weighted by Gasteiger charge is -2.39. The molecule has 0 amide bonds. The Morgan fingerprint density at radius 1 is 1.00 bits per heavy atom. The van der Waals surface area contributed by atoms with Crippen molar-refractivity contribution in [2.45, 2.75) is 43.2 Å². The van der Waals surface area contributed by atoms with Crippen molar-refractivity contribution in [1.82, 2.24) is 0 Å². The first-order valence-corrected chi connectivity index (χ1v) is 9.48. The number of carbonyl (C=O) groups is 1. The number of hydrogen-bond acceptors (Lipinski definition) is 9. The molecule has 160 valence electrons. The molecule has 0 aromatic heterocycles. The molecular formula is C21H22O9. The number of esters is 1. The number of rotatable bonds is 4. The Labute approximate surface area is 171 Å². The van der Waals surface area contributed by atoms with Crippen molar-refractivity contribution in [3.63, 3.8) is 0 Å². The van der Waals surface area contributed by atoms with Gasteiger partial charge in [-0.2, -0.15) is 0 Å². The first kappa shape index (κ1) is 20.6. The maximum Gasteiger partial charge on any atom is 0.342 e. The second-order valence-electron chi connectivity index (χ2n) is 7.29. The number of fused-ring (bicyclic) bond motifs is 1. The van der Waals surface area contributed by atoms with Crippen LogP contribution < -0.4 is 4.74 Å². The Hall–Kier alpha value is -2.69. The van der Waals surface area contributed by atoms with E-state index in [0.29, 0.717) is 23.3 Å². The summed E-state index contributed by atoms with van der Waals surface area (Å²) in [6, 6.07) is 11.4. The van der Waals surface area contributed by atoms with E-state index < -0.39 is 49.4 Å². The molecule has 5 N–H and O–H groups in total. The molecule has 30 heavy (non-hydrogen) atoms. The fraction of sp³-hybridized carbons (Fsp3) is 0.381. The number of phenolic OH excluding ortho intramolecular Hbond substituents is 1. The van der Waals surface area contributed by atoms with Gasteiger partial charge in [-0.1, -0.05) is 24.3 Å². The molecule has 9 nitrogen and oxygen atoms in total. The van der Waals surface area contributed by atoms with E-state index in [1.165, 1.54) is 6.07 Å². The number of benzene rings is 2. The topological polar surface area (TPSA) is 146 Å². The highest BCUT2D eigenvalue weighted by molar-refractivity contribution is 5.95. The summed E-state index contributed by atoms with van der Waals surface area (Å²) in [5.74, 6) is -0.400. The number of aromatic hydroxyl groups is 1. The van der Waals surface area contributed by atoms with Gasteiger partial charge in [-0.3, -0.25) is 0 Å². The van der Waals surface area contributed by atoms with Crippen LogP contribution >= 0.6 is 0 Å². The van der Waals surface area contributed by atoms with Gasteiger partial charge in [-0.15, -0.1) is 0 Å². The lowest BCUT2D eigenvalue weighted by Crippen LogP contribution is -2.60. The normalized spacial score (nSPS) is 31.0. The van der Waals surface area contributed by atoms with Crippen molar-refractivity contribution in [1.29, 1.82) is 0 Å². The minimum absolute atomic E-state index is 0.112. The molecule has 0 radical (unpaired) electrons. The average molecular weight is 418 g/mol. The zero-order valence-electron chi connectivity index (χ0n) is 15.8. The number of carbonyl (C=O) groups excluding carboxylic acids is 1. The first-order chi connectivity index (χ1) is 14.4. The average Bonchev–Trinajstić information content (AvgIpc) is 2.74. The van der Waals surface area contributed by atoms with Gasteiger partial charge >= 0.3 is 5.97 Å². The van der Waals surface area contributed by atoms with Gasteiger partial charge in [0.2, 0.25) is 6.29 Å². The number of ether oxygens (including phenoxy) is 3. The predicted octanol–water partition coefficient (Wildman–Crippen LogP) is 0.0251. The Bertz CT molecular complexity index is 911. The molecular weight excluding hydrogens is 396 g/mol. The molecule has 0 aliphatic carbocycles. The molecule has 2 aliphatic rings. The van der Waals surface area contributed by atoms with Gasteiger partial charge in [0.25, 0.3) is 0 Å². The summed E-state index contributed by atoms with van der Waals surface area (Å²) >= 11 is 0. The fourth-order valence-electron chi connectivity index (χ4n) is 3.67. The number of aliphatic hydroxyl groups excluding tert-OH is 4. The molecule has 2 heterocycles. The number of hydrogen-bond donors (Lipinski definition) is 5. The number of aliphatic hydroxyl groups is 4. The molecule has 2 aliphatic heterocycles. The van der Waals surface area contributed by atoms with Crippen molar-refractivity contribution in [2.24, 2.45) is 0 Å². The van der Waals surface area contributed by atoms with Crippen LogP contribution in [0.2, 0.25) is 0 Å². The molecule has 1 fully saturated rings. The standard InChI is InChI=1S/C21H22O9/c22-9-15-17(24)18(25)19(26)21(30-15)28-12-6-4-10(5-7-12)14-8-11-2-1-3-13(23)16(11)20(27)29-14/h1-7,14-15,17-19,21-26H,8-9H2/t14-,15+,17+,18-,19+,21+/m0/s1. The maximum absolute atomic E-state index is 12.3. The zero-order valence-corrected chi connectivity index (χ0v) is 15.8. The van der Waals surface area contributed by atoms with Crippen LogP contribution in [0.5, 0.6) is 11.5 Å². The van der Waals surface area contributed by atoms with Crippen LogP contribution in [0.15, 0.2) is 42.5 Å². The predicted molar refractivity (Wildman–Crippen MR) is 101 cm³/mol. The van der Waals surface area contributed by atoms with E-state index in [9.17, 15) is 30.3 Å². The maximum atomic E-state index is 12.3. The Balaban J connectivity index is 1.47.